The molecule has 0 spiro atoms. The molecule has 1 aromatic carbocycles. The summed E-state index contributed by atoms with van der Waals surface area (Å²) in [6.07, 6.45) is 2.87. The third-order valence-electron chi connectivity index (χ3n) is 3.43. The Kier molecular flexibility index (Phi) is 3.83. The third-order valence-corrected chi connectivity index (χ3v) is 3.43. The second-order valence-electron chi connectivity index (χ2n) is 6.23. The fraction of sp³-hybridized carbons (Fsp3) is 0.562. The summed E-state index contributed by atoms with van der Waals surface area (Å²) < 4.78 is 5.34. The number of alkyl carbamates (subject to hydrolysis) is 1. The van der Waals surface area contributed by atoms with Gasteiger partial charge in [-0.2, -0.15) is 0 Å². The van der Waals surface area contributed by atoms with Crippen LogP contribution in [0.15, 0.2) is 18.2 Å². The lowest BCUT2D eigenvalue weighted by atomic mass is 9.85. The second kappa shape index (κ2) is 5.24. The maximum atomic E-state index is 11.9. The molecule has 0 radical (unpaired) electrons. The minimum Gasteiger partial charge on any atom is -0.444 e. The number of fused-ring (bicyclic) bond motifs is 1. The van der Waals surface area contributed by atoms with Crippen molar-refractivity contribution in [1.29, 1.82) is 0 Å². The van der Waals surface area contributed by atoms with E-state index in [0.29, 0.717) is 0 Å². The molecule has 19 heavy (non-hydrogen) atoms. The highest BCUT2D eigenvalue weighted by Crippen LogP contribution is 2.31. The lowest BCUT2D eigenvalue weighted by Crippen LogP contribution is -2.36. The Labute approximate surface area is 115 Å². The Balaban J connectivity index is 2.12. The van der Waals surface area contributed by atoms with Gasteiger partial charge in [0.25, 0.3) is 0 Å². The fourth-order valence-corrected chi connectivity index (χ4v) is 2.63. The van der Waals surface area contributed by atoms with Crippen LogP contribution in [0.3, 0.4) is 0 Å². The Morgan fingerprint density at radius 1 is 1.37 bits per heavy atom. The molecule has 0 fully saturated rings. The first-order valence-corrected chi connectivity index (χ1v) is 6.95. The zero-order chi connectivity index (χ0) is 14.0. The average molecular weight is 261 g/mol. The van der Waals surface area contributed by atoms with Crippen molar-refractivity contribution >= 4 is 6.09 Å². The smallest absolute Gasteiger partial charge is 0.408 e. The molecule has 1 aliphatic carbocycles. The van der Waals surface area contributed by atoms with Gasteiger partial charge in [0.2, 0.25) is 0 Å². The van der Waals surface area contributed by atoms with Crippen LogP contribution in [-0.4, -0.2) is 11.7 Å². The van der Waals surface area contributed by atoms with E-state index in [1.54, 1.807) is 0 Å². The number of rotatable bonds is 1. The molecule has 1 unspecified atom stereocenters. The number of carbonyl (C=O) groups is 1. The predicted octanol–water partition coefficient (Wildman–Crippen LogP) is 3.90. The van der Waals surface area contributed by atoms with Crippen LogP contribution >= 0.6 is 0 Å². The van der Waals surface area contributed by atoms with Crippen LogP contribution < -0.4 is 5.32 Å². The van der Waals surface area contributed by atoms with Crippen molar-refractivity contribution in [2.45, 2.75) is 58.6 Å². The van der Waals surface area contributed by atoms with Crippen LogP contribution in [-0.2, 0) is 11.2 Å². The zero-order valence-corrected chi connectivity index (χ0v) is 12.2. The monoisotopic (exact) mass is 261 g/mol. The van der Waals surface area contributed by atoms with E-state index in [0.717, 1.165) is 19.3 Å². The minimum absolute atomic E-state index is 0.0819. The van der Waals surface area contributed by atoms with Crippen molar-refractivity contribution in [2.24, 2.45) is 0 Å². The number of carbonyl (C=O) groups excluding carboxylic acids is 1. The minimum atomic E-state index is -0.450. The Hall–Kier alpha value is -1.51. The molecular formula is C16H23NO2. The molecule has 1 amide bonds. The molecule has 1 aliphatic rings. The van der Waals surface area contributed by atoms with Gasteiger partial charge < -0.3 is 10.1 Å². The average Bonchev–Trinajstić information content (AvgIpc) is 2.28. The number of aryl methyl sites for hydroxylation is 1. The first-order chi connectivity index (χ1) is 8.87. The molecule has 3 heteroatoms. The number of hydrogen-bond acceptors (Lipinski definition) is 2. The SMILES string of the molecule is Cc1cccc2c1CCCC2NC(=O)OC(C)(C)C. The number of amides is 1. The van der Waals surface area contributed by atoms with Crippen molar-refractivity contribution in [3.05, 3.63) is 34.9 Å². The lowest BCUT2D eigenvalue weighted by Gasteiger charge is -2.29. The van der Waals surface area contributed by atoms with Crippen molar-refractivity contribution in [3.8, 4) is 0 Å². The first-order valence-electron chi connectivity index (χ1n) is 6.95. The Morgan fingerprint density at radius 3 is 2.79 bits per heavy atom. The summed E-state index contributed by atoms with van der Waals surface area (Å²) >= 11 is 0. The van der Waals surface area contributed by atoms with Crippen LogP contribution in [0.25, 0.3) is 0 Å². The van der Waals surface area contributed by atoms with E-state index in [9.17, 15) is 4.79 Å². The largest absolute Gasteiger partial charge is 0.444 e. The summed E-state index contributed by atoms with van der Waals surface area (Å²) in [6.45, 7) is 7.78. The fourth-order valence-electron chi connectivity index (χ4n) is 2.63. The van der Waals surface area contributed by atoms with Crippen molar-refractivity contribution in [3.63, 3.8) is 0 Å². The van der Waals surface area contributed by atoms with Gasteiger partial charge in [-0.25, -0.2) is 4.79 Å². The molecule has 0 aromatic heterocycles. The summed E-state index contributed by atoms with van der Waals surface area (Å²) in [6, 6.07) is 6.39. The molecule has 104 valence electrons. The molecule has 0 saturated heterocycles. The molecule has 1 aromatic rings. The maximum absolute atomic E-state index is 11.9. The molecule has 0 heterocycles. The number of nitrogens with one attached hydrogen (secondary N) is 1. The van der Waals surface area contributed by atoms with E-state index in [1.165, 1.54) is 16.7 Å². The van der Waals surface area contributed by atoms with Crippen LogP contribution in [0.4, 0.5) is 4.79 Å². The van der Waals surface area contributed by atoms with Crippen molar-refractivity contribution in [1.82, 2.24) is 5.32 Å². The molecule has 3 nitrogen and oxygen atoms in total. The van der Waals surface area contributed by atoms with Crippen LogP contribution in [0.1, 0.15) is 56.3 Å². The summed E-state index contributed by atoms with van der Waals surface area (Å²) in [5.74, 6) is 0. The molecular weight excluding hydrogens is 238 g/mol. The van der Waals surface area contributed by atoms with Crippen molar-refractivity contribution < 1.29 is 9.53 Å². The summed E-state index contributed by atoms with van der Waals surface area (Å²) in [7, 11) is 0. The molecule has 1 N–H and O–H groups in total. The second-order valence-corrected chi connectivity index (χ2v) is 6.23. The first kappa shape index (κ1) is 13.9. The van der Waals surface area contributed by atoms with Crippen LogP contribution in [0.5, 0.6) is 0 Å². The number of benzene rings is 1. The van der Waals surface area contributed by atoms with E-state index in [2.05, 4.69) is 30.4 Å². The quantitative estimate of drug-likeness (QED) is 0.832. The normalized spacial score (nSPS) is 18.6. The topological polar surface area (TPSA) is 38.3 Å². The van der Waals surface area contributed by atoms with Gasteiger partial charge in [0.05, 0.1) is 6.04 Å². The van der Waals surface area contributed by atoms with E-state index < -0.39 is 5.60 Å². The summed E-state index contributed by atoms with van der Waals surface area (Å²) in [5, 5.41) is 3.00. The highest BCUT2D eigenvalue weighted by atomic mass is 16.6. The van der Waals surface area contributed by atoms with E-state index in [-0.39, 0.29) is 12.1 Å². The molecule has 2 rings (SSSR count). The van der Waals surface area contributed by atoms with Crippen LogP contribution in [0.2, 0.25) is 0 Å². The van der Waals surface area contributed by atoms with Gasteiger partial charge in [-0.15, -0.1) is 0 Å². The molecule has 1 atom stereocenters. The van der Waals surface area contributed by atoms with E-state index >= 15 is 0 Å². The van der Waals surface area contributed by atoms with Gasteiger partial charge in [0.1, 0.15) is 5.60 Å². The van der Waals surface area contributed by atoms with E-state index in [1.807, 2.05) is 20.8 Å². The zero-order valence-electron chi connectivity index (χ0n) is 12.2. The van der Waals surface area contributed by atoms with Gasteiger partial charge in [-0.3, -0.25) is 0 Å². The Morgan fingerprint density at radius 2 is 2.11 bits per heavy atom. The van der Waals surface area contributed by atoms with Gasteiger partial charge in [-0.1, -0.05) is 18.2 Å². The lowest BCUT2D eigenvalue weighted by molar-refractivity contribution is 0.0498. The molecule has 0 bridgehead atoms. The van der Waals surface area contributed by atoms with Gasteiger partial charge in [0, 0.05) is 0 Å². The maximum Gasteiger partial charge on any atom is 0.408 e. The standard InChI is InChI=1S/C16H23NO2/c1-11-7-5-9-13-12(11)8-6-10-14(13)17-15(18)19-16(2,3)4/h5,7,9,14H,6,8,10H2,1-4H3,(H,17,18). The Bertz CT molecular complexity index is 474. The molecule has 0 aliphatic heterocycles. The summed E-state index contributed by atoms with van der Waals surface area (Å²) in [5.41, 5.74) is 3.49. The van der Waals surface area contributed by atoms with Gasteiger partial charge in [-0.05, 0) is 63.6 Å². The molecule has 0 saturated carbocycles. The number of ether oxygens (including phenoxy) is 1. The van der Waals surface area contributed by atoms with Crippen molar-refractivity contribution in [2.75, 3.05) is 0 Å². The number of hydrogen-bond donors (Lipinski definition) is 1. The highest BCUT2D eigenvalue weighted by molar-refractivity contribution is 5.68. The third kappa shape index (κ3) is 3.49. The van der Waals surface area contributed by atoms with Gasteiger partial charge >= 0.3 is 6.09 Å². The van der Waals surface area contributed by atoms with Crippen LogP contribution in [0, 0.1) is 6.92 Å². The van der Waals surface area contributed by atoms with E-state index in [4.69, 9.17) is 4.74 Å². The predicted molar refractivity (Wildman–Crippen MR) is 76.2 cm³/mol. The van der Waals surface area contributed by atoms with Gasteiger partial charge in [0.15, 0.2) is 0 Å². The highest BCUT2D eigenvalue weighted by Gasteiger charge is 2.25. The summed E-state index contributed by atoms with van der Waals surface area (Å²) in [4.78, 5) is 11.9.